The van der Waals surface area contributed by atoms with E-state index < -0.39 is 15.9 Å². The second-order valence-electron chi connectivity index (χ2n) is 5.41. The van der Waals surface area contributed by atoms with Crippen molar-refractivity contribution in [1.29, 1.82) is 0 Å². The van der Waals surface area contributed by atoms with Crippen molar-refractivity contribution >= 4 is 21.7 Å². The monoisotopic (exact) mass is 399 g/mol. The molecule has 2 N–H and O–H groups in total. The molecule has 0 fully saturated rings. The van der Waals surface area contributed by atoms with E-state index in [4.69, 9.17) is 18.7 Å². The van der Waals surface area contributed by atoms with E-state index in [1.54, 1.807) is 6.92 Å². The third-order valence-electron chi connectivity index (χ3n) is 3.47. The molecule has 0 aliphatic carbocycles. The third-order valence-corrected chi connectivity index (χ3v) is 4.73. The van der Waals surface area contributed by atoms with Crippen molar-refractivity contribution in [3.05, 3.63) is 29.5 Å². The fourth-order valence-corrected chi connectivity index (χ4v) is 3.13. The Morgan fingerprint density at radius 3 is 2.22 bits per heavy atom. The maximum absolute atomic E-state index is 12.3. The smallest absolute Gasteiger partial charge is 0.251 e. The number of amides is 1. The molecule has 0 atom stereocenters. The molecule has 1 heterocycles. The van der Waals surface area contributed by atoms with E-state index in [1.165, 1.54) is 39.5 Å². The van der Waals surface area contributed by atoms with Crippen LogP contribution >= 0.6 is 0 Å². The van der Waals surface area contributed by atoms with Gasteiger partial charge in [0.1, 0.15) is 5.76 Å². The largest absolute Gasteiger partial charge is 0.493 e. The van der Waals surface area contributed by atoms with E-state index in [0.29, 0.717) is 23.0 Å². The summed E-state index contributed by atoms with van der Waals surface area (Å²) in [5.74, 6) is 0.727. The number of ether oxygens (including phenoxy) is 3. The molecule has 0 saturated heterocycles. The van der Waals surface area contributed by atoms with Gasteiger partial charge in [0, 0.05) is 18.2 Å². The summed E-state index contributed by atoms with van der Waals surface area (Å²) in [5.41, 5.74) is 0.238. The summed E-state index contributed by atoms with van der Waals surface area (Å²) in [6.07, 6.45) is 0. The molecule has 1 aromatic heterocycles. The molecule has 0 saturated carbocycles. The van der Waals surface area contributed by atoms with Crippen molar-refractivity contribution in [1.82, 2.24) is 10.5 Å². The minimum Gasteiger partial charge on any atom is -0.493 e. The Balaban J connectivity index is 2.01. The van der Waals surface area contributed by atoms with Gasteiger partial charge in [-0.3, -0.25) is 9.52 Å². The Hall–Kier alpha value is -2.95. The normalized spacial score (nSPS) is 11.0. The molecule has 11 heteroatoms. The Labute approximate surface area is 156 Å². The molecule has 148 valence electrons. The first-order chi connectivity index (χ1) is 12.8. The standard InChI is InChI=1S/C16H21N3O7S/c1-10-7-14(18-26-10)19-27(21,22)6-5-17-16(20)11-8-12(23-2)15(25-4)13(9-11)24-3/h7-9H,5-6H2,1-4H3,(H,17,20)(H,18,19). The first-order valence-corrected chi connectivity index (χ1v) is 9.47. The maximum atomic E-state index is 12.3. The van der Waals surface area contributed by atoms with E-state index in [0.717, 1.165) is 0 Å². The van der Waals surface area contributed by atoms with Crippen LogP contribution in [0.25, 0.3) is 0 Å². The zero-order chi connectivity index (χ0) is 20.0. The lowest BCUT2D eigenvalue weighted by Gasteiger charge is -2.14. The number of carbonyl (C=O) groups is 1. The molecule has 0 radical (unpaired) electrons. The van der Waals surface area contributed by atoms with Gasteiger partial charge < -0.3 is 24.1 Å². The average molecular weight is 399 g/mol. The highest BCUT2D eigenvalue weighted by atomic mass is 32.2. The van der Waals surface area contributed by atoms with Gasteiger partial charge in [0.2, 0.25) is 15.8 Å². The summed E-state index contributed by atoms with van der Waals surface area (Å²) >= 11 is 0. The van der Waals surface area contributed by atoms with Crippen LogP contribution in [0, 0.1) is 6.92 Å². The van der Waals surface area contributed by atoms with Crippen LogP contribution in [0.5, 0.6) is 17.2 Å². The van der Waals surface area contributed by atoms with Crippen LogP contribution in [0.1, 0.15) is 16.1 Å². The summed E-state index contributed by atoms with van der Waals surface area (Å²) in [7, 11) is 0.627. The Morgan fingerprint density at radius 1 is 1.11 bits per heavy atom. The summed E-state index contributed by atoms with van der Waals surface area (Å²) < 4.78 is 46.7. The molecule has 27 heavy (non-hydrogen) atoms. The lowest BCUT2D eigenvalue weighted by Crippen LogP contribution is -2.31. The summed E-state index contributed by atoms with van der Waals surface area (Å²) in [5, 5.41) is 6.09. The summed E-state index contributed by atoms with van der Waals surface area (Å²) in [6, 6.07) is 4.40. The van der Waals surface area contributed by atoms with Crippen LogP contribution in [-0.4, -0.2) is 53.1 Å². The van der Waals surface area contributed by atoms with Gasteiger partial charge in [-0.25, -0.2) is 8.42 Å². The molecule has 1 aromatic carbocycles. The van der Waals surface area contributed by atoms with Gasteiger partial charge in [-0.1, -0.05) is 5.16 Å². The van der Waals surface area contributed by atoms with Crippen LogP contribution < -0.4 is 24.2 Å². The van der Waals surface area contributed by atoms with E-state index in [-0.39, 0.29) is 23.7 Å². The highest BCUT2D eigenvalue weighted by Gasteiger charge is 2.18. The predicted molar refractivity (Wildman–Crippen MR) is 97.1 cm³/mol. The number of aromatic nitrogens is 1. The number of nitrogens with one attached hydrogen (secondary N) is 2. The van der Waals surface area contributed by atoms with Crippen LogP contribution in [0.15, 0.2) is 22.7 Å². The topological polar surface area (TPSA) is 129 Å². The number of hydrogen-bond acceptors (Lipinski definition) is 8. The third kappa shape index (κ3) is 5.26. The minimum atomic E-state index is -3.69. The molecule has 2 aromatic rings. The number of nitrogens with zero attached hydrogens (tertiary/aromatic N) is 1. The van der Waals surface area contributed by atoms with Crippen LogP contribution in [0.3, 0.4) is 0 Å². The van der Waals surface area contributed by atoms with Gasteiger partial charge >= 0.3 is 0 Å². The molecule has 2 rings (SSSR count). The highest BCUT2D eigenvalue weighted by Crippen LogP contribution is 2.38. The molecular weight excluding hydrogens is 378 g/mol. The molecule has 0 aliphatic heterocycles. The zero-order valence-corrected chi connectivity index (χ0v) is 16.2. The van der Waals surface area contributed by atoms with Crippen molar-refractivity contribution in [3.8, 4) is 17.2 Å². The number of methoxy groups -OCH3 is 3. The second kappa shape index (κ2) is 8.62. The van der Waals surface area contributed by atoms with Crippen LogP contribution in [-0.2, 0) is 10.0 Å². The summed E-state index contributed by atoms with van der Waals surface area (Å²) in [6.45, 7) is 1.53. The Morgan fingerprint density at radius 2 is 1.74 bits per heavy atom. The fourth-order valence-electron chi connectivity index (χ4n) is 2.24. The Bertz CT molecular complexity index is 883. The average Bonchev–Trinajstić information content (AvgIpc) is 3.03. The van der Waals surface area contributed by atoms with Crippen LogP contribution in [0.4, 0.5) is 5.82 Å². The van der Waals surface area contributed by atoms with E-state index in [9.17, 15) is 13.2 Å². The number of anilines is 1. The zero-order valence-electron chi connectivity index (χ0n) is 15.4. The van der Waals surface area contributed by atoms with Crippen molar-refractivity contribution in [2.24, 2.45) is 0 Å². The maximum Gasteiger partial charge on any atom is 0.251 e. The van der Waals surface area contributed by atoms with Crippen molar-refractivity contribution in [3.63, 3.8) is 0 Å². The number of benzene rings is 1. The molecular formula is C16H21N3O7S. The quantitative estimate of drug-likeness (QED) is 0.643. The number of aryl methyl sites for hydroxylation is 1. The molecule has 0 spiro atoms. The molecule has 10 nitrogen and oxygen atoms in total. The van der Waals surface area contributed by atoms with Gasteiger partial charge in [-0.05, 0) is 19.1 Å². The van der Waals surface area contributed by atoms with E-state index in [2.05, 4.69) is 15.2 Å². The minimum absolute atomic E-state index is 0.0865. The predicted octanol–water partition coefficient (Wildman–Crippen LogP) is 1.18. The van der Waals surface area contributed by atoms with Crippen LogP contribution in [0.2, 0.25) is 0 Å². The van der Waals surface area contributed by atoms with E-state index >= 15 is 0 Å². The van der Waals surface area contributed by atoms with Gasteiger partial charge in [-0.2, -0.15) is 0 Å². The van der Waals surface area contributed by atoms with Gasteiger partial charge in [-0.15, -0.1) is 0 Å². The molecule has 1 amide bonds. The van der Waals surface area contributed by atoms with Crippen molar-refractivity contribution in [2.75, 3.05) is 38.3 Å². The second-order valence-corrected chi connectivity index (χ2v) is 7.26. The number of hydrogen-bond donors (Lipinski definition) is 2. The fraction of sp³-hybridized carbons (Fsp3) is 0.375. The first kappa shape index (κ1) is 20.4. The number of carbonyl (C=O) groups excluding carboxylic acids is 1. The van der Waals surface area contributed by atoms with Crippen molar-refractivity contribution in [2.45, 2.75) is 6.92 Å². The SMILES string of the molecule is COc1cc(C(=O)NCCS(=O)(=O)Nc2cc(C)on2)cc(OC)c1OC. The van der Waals surface area contributed by atoms with Gasteiger partial charge in [0.05, 0.1) is 27.1 Å². The lowest BCUT2D eigenvalue weighted by atomic mass is 10.1. The van der Waals surface area contributed by atoms with Gasteiger partial charge in [0.15, 0.2) is 17.3 Å². The first-order valence-electron chi connectivity index (χ1n) is 7.81. The molecule has 0 unspecified atom stereocenters. The summed E-state index contributed by atoms with van der Waals surface area (Å²) in [4.78, 5) is 12.3. The highest BCUT2D eigenvalue weighted by molar-refractivity contribution is 7.92. The molecule has 0 bridgehead atoms. The number of rotatable bonds is 9. The molecule has 0 aliphatic rings. The van der Waals surface area contributed by atoms with Crippen molar-refractivity contribution < 1.29 is 31.9 Å². The van der Waals surface area contributed by atoms with E-state index in [1.807, 2.05) is 0 Å². The van der Waals surface area contributed by atoms with Gasteiger partial charge in [0.25, 0.3) is 5.91 Å². The Kier molecular flexibility index (Phi) is 6.50. The number of sulfonamides is 1. The lowest BCUT2D eigenvalue weighted by molar-refractivity contribution is 0.0955.